The second-order valence-electron chi connectivity index (χ2n) is 8.73. The quantitative estimate of drug-likeness (QED) is 0.507. The Bertz CT molecular complexity index is 1470. The number of aryl methyl sites for hydroxylation is 1. The van der Waals surface area contributed by atoms with E-state index in [1.807, 2.05) is 6.07 Å². The SMILES string of the molecule is Cn1c(=O)c(C(=O)NCc2ccc(C#N)cc2)cc2cnnc(OCC3(CS(C)(=O)=O)CC3)c21. The van der Waals surface area contributed by atoms with Gasteiger partial charge in [-0.15, -0.1) is 5.10 Å². The van der Waals surface area contributed by atoms with Crippen LogP contribution >= 0.6 is 0 Å². The minimum atomic E-state index is -3.16. The van der Waals surface area contributed by atoms with Crippen LogP contribution in [0.1, 0.15) is 34.3 Å². The fraction of sp³-hybridized carbons (Fsp3) is 0.348. The third-order valence-corrected chi connectivity index (χ3v) is 6.95. The summed E-state index contributed by atoms with van der Waals surface area (Å²) in [5.41, 5.74) is 0.648. The van der Waals surface area contributed by atoms with Crippen molar-refractivity contribution in [3.63, 3.8) is 0 Å². The van der Waals surface area contributed by atoms with Gasteiger partial charge in [0.25, 0.3) is 17.3 Å². The number of pyridine rings is 1. The fourth-order valence-electron chi connectivity index (χ4n) is 3.84. The van der Waals surface area contributed by atoms with Gasteiger partial charge in [-0.05, 0) is 36.6 Å². The number of benzene rings is 1. The molecule has 2 heterocycles. The molecule has 1 aliphatic carbocycles. The maximum absolute atomic E-state index is 13.0. The van der Waals surface area contributed by atoms with E-state index < -0.39 is 26.7 Å². The van der Waals surface area contributed by atoms with E-state index in [-0.39, 0.29) is 30.3 Å². The zero-order chi connectivity index (χ0) is 24.5. The maximum Gasteiger partial charge on any atom is 0.263 e. The molecule has 11 heteroatoms. The van der Waals surface area contributed by atoms with Gasteiger partial charge in [0.05, 0.1) is 30.2 Å². The molecule has 1 fully saturated rings. The molecule has 4 rings (SSSR count). The van der Waals surface area contributed by atoms with Crippen LogP contribution in [0.5, 0.6) is 5.88 Å². The van der Waals surface area contributed by atoms with Crippen molar-refractivity contribution in [3.8, 4) is 11.9 Å². The lowest BCUT2D eigenvalue weighted by molar-refractivity contribution is 0.0949. The Morgan fingerprint density at radius 1 is 1.29 bits per heavy atom. The minimum absolute atomic E-state index is 0.0285. The van der Waals surface area contributed by atoms with Gasteiger partial charge in [-0.25, -0.2) is 8.42 Å². The number of nitriles is 1. The van der Waals surface area contributed by atoms with Crippen LogP contribution in [0, 0.1) is 16.7 Å². The monoisotopic (exact) mass is 481 g/mol. The van der Waals surface area contributed by atoms with Crippen molar-refractivity contribution in [1.29, 1.82) is 5.26 Å². The molecule has 1 saturated carbocycles. The van der Waals surface area contributed by atoms with Gasteiger partial charge >= 0.3 is 0 Å². The number of nitrogens with one attached hydrogen (secondary N) is 1. The molecule has 1 aromatic carbocycles. The summed E-state index contributed by atoms with van der Waals surface area (Å²) in [5, 5.41) is 20.0. The predicted octanol–water partition coefficient (Wildman–Crippen LogP) is 1.33. The summed E-state index contributed by atoms with van der Waals surface area (Å²) in [7, 11) is -1.64. The van der Waals surface area contributed by atoms with Gasteiger partial charge in [0, 0.05) is 30.6 Å². The first-order valence-electron chi connectivity index (χ1n) is 10.5. The number of nitrogens with zero attached hydrogens (tertiary/aromatic N) is 4. The predicted molar refractivity (Wildman–Crippen MR) is 124 cm³/mol. The van der Waals surface area contributed by atoms with Gasteiger partial charge in [0.1, 0.15) is 20.9 Å². The molecule has 0 spiro atoms. The van der Waals surface area contributed by atoms with Gasteiger partial charge in [0.2, 0.25) is 0 Å². The Kier molecular flexibility index (Phi) is 6.10. The normalized spacial score (nSPS) is 14.4. The summed E-state index contributed by atoms with van der Waals surface area (Å²) in [6, 6.07) is 10.2. The number of ether oxygens (including phenoxy) is 1. The lowest BCUT2D eigenvalue weighted by atomic mass is 10.1. The topological polar surface area (TPSA) is 144 Å². The van der Waals surface area contributed by atoms with Crippen LogP contribution in [-0.4, -0.2) is 47.7 Å². The van der Waals surface area contributed by atoms with E-state index in [1.165, 1.54) is 30.1 Å². The molecule has 1 N–H and O–H groups in total. The van der Waals surface area contributed by atoms with Crippen LogP contribution < -0.4 is 15.6 Å². The van der Waals surface area contributed by atoms with E-state index in [9.17, 15) is 18.0 Å². The van der Waals surface area contributed by atoms with Crippen LogP contribution in [0.25, 0.3) is 10.9 Å². The van der Waals surface area contributed by atoms with Crippen molar-refractivity contribution in [2.24, 2.45) is 12.5 Å². The highest BCUT2D eigenvalue weighted by Crippen LogP contribution is 2.47. The zero-order valence-corrected chi connectivity index (χ0v) is 19.6. The van der Waals surface area contributed by atoms with Crippen LogP contribution in [0.4, 0.5) is 0 Å². The number of hydrogen-bond donors (Lipinski definition) is 1. The Morgan fingerprint density at radius 2 is 2.00 bits per heavy atom. The molecule has 0 atom stereocenters. The molecule has 0 saturated heterocycles. The van der Waals surface area contributed by atoms with Crippen molar-refractivity contribution in [3.05, 3.63) is 63.6 Å². The summed E-state index contributed by atoms with van der Waals surface area (Å²) in [6.45, 7) is 0.339. The molecule has 1 aliphatic rings. The third kappa shape index (κ3) is 5.07. The van der Waals surface area contributed by atoms with Gasteiger partial charge in [-0.3, -0.25) is 9.59 Å². The first kappa shape index (κ1) is 23.4. The highest BCUT2D eigenvalue weighted by Gasteiger charge is 2.46. The highest BCUT2D eigenvalue weighted by molar-refractivity contribution is 7.90. The Balaban J connectivity index is 1.55. The lowest BCUT2D eigenvalue weighted by Gasteiger charge is -2.16. The molecule has 0 unspecified atom stereocenters. The van der Waals surface area contributed by atoms with Gasteiger partial charge in [-0.1, -0.05) is 12.1 Å². The van der Waals surface area contributed by atoms with Crippen LogP contribution in [0.3, 0.4) is 0 Å². The van der Waals surface area contributed by atoms with Crippen LogP contribution in [0.15, 0.2) is 41.3 Å². The Labute approximate surface area is 196 Å². The summed E-state index contributed by atoms with van der Waals surface area (Å²) in [6.07, 6.45) is 4.10. The van der Waals surface area contributed by atoms with E-state index in [0.717, 1.165) is 18.4 Å². The smallest absolute Gasteiger partial charge is 0.263 e. The number of hydrogen-bond acceptors (Lipinski definition) is 8. The number of aromatic nitrogens is 3. The lowest BCUT2D eigenvalue weighted by Crippen LogP contribution is -2.32. The second kappa shape index (κ2) is 8.87. The molecule has 0 aliphatic heterocycles. The van der Waals surface area contributed by atoms with Crippen molar-refractivity contribution in [2.75, 3.05) is 18.6 Å². The molecule has 0 bridgehead atoms. The van der Waals surface area contributed by atoms with Crippen molar-refractivity contribution in [1.82, 2.24) is 20.1 Å². The van der Waals surface area contributed by atoms with E-state index in [1.54, 1.807) is 24.3 Å². The van der Waals surface area contributed by atoms with Crippen molar-refractivity contribution < 1.29 is 17.9 Å². The molecule has 2 aromatic heterocycles. The maximum atomic E-state index is 13.0. The number of rotatable bonds is 8. The van der Waals surface area contributed by atoms with E-state index in [0.29, 0.717) is 16.5 Å². The Morgan fingerprint density at radius 3 is 2.62 bits per heavy atom. The zero-order valence-electron chi connectivity index (χ0n) is 18.7. The summed E-state index contributed by atoms with van der Waals surface area (Å²) in [5.74, 6) is -0.404. The molecule has 0 radical (unpaired) electrons. The average molecular weight is 482 g/mol. The molecular formula is C23H23N5O5S. The number of carbonyl (C=O) groups excluding carboxylic acids is 1. The largest absolute Gasteiger partial charge is 0.474 e. The van der Waals surface area contributed by atoms with E-state index >= 15 is 0 Å². The molecular weight excluding hydrogens is 458 g/mol. The molecule has 10 nitrogen and oxygen atoms in total. The van der Waals surface area contributed by atoms with Gasteiger partial charge in [-0.2, -0.15) is 10.4 Å². The molecule has 3 aromatic rings. The first-order valence-corrected chi connectivity index (χ1v) is 12.6. The number of carbonyl (C=O) groups is 1. The Hall–Kier alpha value is -3.78. The van der Waals surface area contributed by atoms with Crippen molar-refractivity contribution in [2.45, 2.75) is 19.4 Å². The number of amides is 1. The summed E-state index contributed by atoms with van der Waals surface area (Å²) < 4.78 is 30.5. The van der Waals surface area contributed by atoms with E-state index in [2.05, 4.69) is 15.5 Å². The average Bonchev–Trinajstić information content (AvgIpc) is 3.56. The summed E-state index contributed by atoms with van der Waals surface area (Å²) >= 11 is 0. The molecule has 34 heavy (non-hydrogen) atoms. The van der Waals surface area contributed by atoms with Crippen LogP contribution in [-0.2, 0) is 23.4 Å². The fourth-order valence-corrected chi connectivity index (χ4v) is 5.32. The second-order valence-corrected chi connectivity index (χ2v) is 10.9. The van der Waals surface area contributed by atoms with Gasteiger partial charge < -0.3 is 14.6 Å². The van der Waals surface area contributed by atoms with Crippen LogP contribution in [0.2, 0.25) is 0 Å². The molecule has 176 valence electrons. The van der Waals surface area contributed by atoms with Gasteiger partial charge in [0.15, 0.2) is 0 Å². The number of fused-ring (bicyclic) bond motifs is 1. The third-order valence-electron chi connectivity index (χ3n) is 5.81. The highest BCUT2D eigenvalue weighted by atomic mass is 32.2. The first-order chi connectivity index (χ1) is 16.1. The van der Waals surface area contributed by atoms with Crippen molar-refractivity contribution >= 4 is 26.6 Å². The number of sulfone groups is 1. The standard InChI is InChI=1S/C23H23N5O5S/c1-28-19-17(12-26-27-21(19)33-13-23(7-8-23)14-34(2,31)32)9-18(22(28)30)20(29)25-11-16-5-3-15(10-24)4-6-16/h3-6,9,12H,7-8,11,13-14H2,1-2H3,(H,25,29). The summed E-state index contributed by atoms with van der Waals surface area (Å²) in [4.78, 5) is 25.7. The minimum Gasteiger partial charge on any atom is -0.474 e. The molecule has 1 amide bonds. The van der Waals surface area contributed by atoms with E-state index in [4.69, 9.17) is 10.00 Å².